The van der Waals surface area contributed by atoms with Crippen LogP contribution in [0.1, 0.15) is 6.92 Å². The summed E-state index contributed by atoms with van der Waals surface area (Å²) in [4.78, 5) is 0. The van der Waals surface area contributed by atoms with E-state index in [2.05, 4.69) is 4.74 Å². The van der Waals surface area contributed by atoms with Gasteiger partial charge in [0, 0.05) is 6.07 Å². The van der Waals surface area contributed by atoms with Crippen molar-refractivity contribution in [1.29, 1.82) is 0 Å². The Morgan fingerprint density at radius 2 is 1.86 bits per heavy atom. The van der Waals surface area contributed by atoms with E-state index >= 15 is 0 Å². The number of hydrogen-bond donors (Lipinski definition) is 0. The zero-order valence-electron chi connectivity index (χ0n) is 7.73. The van der Waals surface area contributed by atoms with E-state index in [9.17, 15) is 13.2 Å². The van der Waals surface area contributed by atoms with Crippen LogP contribution in [0, 0.1) is 17.5 Å². The molecule has 0 fully saturated rings. The summed E-state index contributed by atoms with van der Waals surface area (Å²) in [6.07, 6.45) is 0. The van der Waals surface area contributed by atoms with E-state index in [0.717, 1.165) is 13.2 Å². The van der Waals surface area contributed by atoms with Crippen LogP contribution < -0.4 is 9.47 Å². The number of ether oxygens (including phenoxy) is 2. The zero-order valence-corrected chi connectivity index (χ0v) is 7.73. The van der Waals surface area contributed by atoms with Crippen LogP contribution in [0.2, 0.25) is 0 Å². The first-order valence-corrected chi connectivity index (χ1v) is 3.96. The van der Waals surface area contributed by atoms with E-state index in [0.29, 0.717) is 0 Å². The van der Waals surface area contributed by atoms with Gasteiger partial charge in [-0.2, -0.15) is 4.39 Å². The lowest BCUT2D eigenvalue weighted by molar-refractivity contribution is 0.290. The normalized spacial score (nSPS) is 10.1. The number of hydrogen-bond acceptors (Lipinski definition) is 2. The molecule has 0 saturated heterocycles. The summed E-state index contributed by atoms with van der Waals surface area (Å²) in [5, 5.41) is 0. The van der Waals surface area contributed by atoms with Gasteiger partial charge in [-0.1, -0.05) is 0 Å². The summed E-state index contributed by atoms with van der Waals surface area (Å²) < 4.78 is 47.9. The Labute approximate surface area is 79.2 Å². The maximum absolute atomic E-state index is 13.0. The SMILES string of the molecule is CCOc1cc(F)c(F)c(F)c1OC. The first kappa shape index (κ1) is 10.7. The zero-order chi connectivity index (χ0) is 10.7. The highest BCUT2D eigenvalue weighted by molar-refractivity contribution is 5.42. The first-order chi connectivity index (χ1) is 6.61. The molecule has 0 aromatic heterocycles. The van der Waals surface area contributed by atoms with Crippen molar-refractivity contribution < 1.29 is 22.6 Å². The van der Waals surface area contributed by atoms with E-state index in [4.69, 9.17) is 4.74 Å². The Kier molecular flexibility index (Phi) is 3.22. The highest BCUT2D eigenvalue weighted by Crippen LogP contribution is 2.33. The molecule has 14 heavy (non-hydrogen) atoms. The maximum atomic E-state index is 13.0. The van der Waals surface area contributed by atoms with Gasteiger partial charge in [-0.25, -0.2) is 8.78 Å². The van der Waals surface area contributed by atoms with Gasteiger partial charge in [-0.05, 0) is 6.92 Å². The Morgan fingerprint density at radius 1 is 1.21 bits per heavy atom. The second-order valence-electron chi connectivity index (χ2n) is 2.45. The van der Waals surface area contributed by atoms with Gasteiger partial charge < -0.3 is 9.47 Å². The summed E-state index contributed by atoms with van der Waals surface area (Å²) in [5.41, 5.74) is 0. The van der Waals surface area contributed by atoms with Crippen molar-refractivity contribution in [1.82, 2.24) is 0 Å². The molecule has 78 valence electrons. The molecule has 2 nitrogen and oxygen atoms in total. The second-order valence-corrected chi connectivity index (χ2v) is 2.45. The predicted octanol–water partition coefficient (Wildman–Crippen LogP) is 2.51. The van der Waals surface area contributed by atoms with Crippen molar-refractivity contribution in [2.75, 3.05) is 13.7 Å². The van der Waals surface area contributed by atoms with Crippen molar-refractivity contribution >= 4 is 0 Å². The topological polar surface area (TPSA) is 18.5 Å². The van der Waals surface area contributed by atoms with E-state index < -0.39 is 23.2 Å². The highest BCUT2D eigenvalue weighted by atomic mass is 19.2. The van der Waals surface area contributed by atoms with Gasteiger partial charge in [0.1, 0.15) is 0 Å². The number of benzene rings is 1. The largest absolute Gasteiger partial charge is 0.490 e. The number of halogens is 3. The lowest BCUT2D eigenvalue weighted by Crippen LogP contribution is -2.01. The third kappa shape index (κ3) is 1.76. The van der Waals surface area contributed by atoms with Crippen LogP contribution in [0.25, 0.3) is 0 Å². The Hall–Kier alpha value is -1.39. The number of methoxy groups -OCH3 is 1. The number of rotatable bonds is 3. The van der Waals surface area contributed by atoms with Gasteiger partial charge >= 0.3 is 0 Å². The smallest absolute Gasteiger partial charge is 0.207 e. The van der Waals surface area contributed by atoms with Crippen LogP contribution in [0.3, 0.4) is 0 Å². The van der Waals surface area contributed by atoms with Crippen LogP contribution in [0.4, 0.5) is 13.2 Å². The summed E-state index contributed by atoms with van der Waals surface area (Å²) >= 11 is 0. The molecule has 0 aliphatic rings. The molecule has 1 aromatic carbocycles. The van der Waals surface area contributed by atoms with Crippen LogP contribution in [0.5, 0.6) is 11.5 Å². The molecule has 0 unspecified atom stereocenters. The molecule has 0 heterocycles. The maximum Gasteiger partial charge on any atom is 0.207 e. The molecule has 0 saturated carbocycles. The van der Waals surface area contributed by atoms with Gasteiger partial charge in [0.15, 0.2) is 23.1 Å². The third-order valence-corrected chi connectivity index (χ3v) is 1.59. The van der Waals surface area contributed by atoms with Crippen LogP contribution in [0.15, 0.2) is 6.07 Å². The van der Waals surface area contributed by atoms with Crippen molar-refractivity contribution in [3.05, 3.63) is 23.5 Å². The Morgan fingerprint density at radius 3 is 2.36 bits per heavy atom. The second kappa shape index (κ2) is 4.21. The fourth-order valence-corrected chi connectivity index (χ4v) is 1.01. The van der Waals surface area contributed by atoms with E-state index in [-0.39, 0.29) is 12.4 Å². The lowest BCUT2D eigenvalue weighted by atomic mass is 10.3. The molecule has 0 aliphatic heterocycles. The monoisotopic (exact) mass is 206 g/mol. The average Bonchev–Trinajstić information content (AvgIpc) is 2.16. The molecule has 0 radical (unpaired) electrons. The van der Waals surface area contributed by atoms with Crippen molar-refractivity contribution in [2.45, 2.75) is 6.92 Å². The summed E-state index contributed by atoms with van der Waals surface area (Å²) in [7, 11) is 1.15. The molecule has 0 aliphatic carbocycles. The molecule has 1 rings (SSSR count). The molecule has 1 aromatic rings. The van der Waals surface area contributed by atoms with E-state index in [1.165, 1.54) is 0 Å². The fourth-order valence-electron chi connectivity index (χ4n) is 1.01. The molecular formula is C9H9F3O2. The van der Waals surface area contributed by atoms with Gasteiger partial charge in [0.2, 0.25) is 5.82 Å². The average molecular weight is 206 g/mol. The fraction of sp³-hybridized carbons (Fsp3) is 0.333. The van der Waals surface area contributed by atoms with Crippen molar-refractivity contribution in [3.63, 3.8) is 0 Å². The summed E-state index contributed by atoms with van der Waals surface area (Å²) in [6.45, 7) is 1.85. The minimum atomic E-state index is -1.56. The van der Waals surface area contributed by atoms with Crippen molar-refractivity contribution in [2.24, 2.45) is 0 Å². The Balaban J connectivity index is 3.28. The van der Waals surface area contributed by atoms with Crippen molar-refractivity contribution in [3.8, 4) is 11.5 Å². The molecule has 0 atom stereocenters. The predicted molar refractivity (Wildman–Crippen MR) is 44.0 cm³/mol. The molecule has 0 amide bonds. The molecule has 0 N–H and O–H groups in total. The Bertz CT molecular complexity index is 339. The summed E-state index contributed by atoms with van der Waals surface area (Å²) in [5.74, 6) is -4.81. The highest BCUT2D eigenvalue weighted by Gasteiger charge is 2.20. The molecule has 5 heteroatoms. The van der Waals surface area contributed by atoms with Crippen LogP contribution in [-0.2, 0) is 0 Å². The lowest BCUT2D eigenvalue weighted by Gasteiger charge is -2.10. The third-order valence-electron chi connectivity index (χ3n) is 1.59. The molecule has 0 bridgehead atoms. The van der Waals surface area contributed by atoms with Crippen LogP contribution >= 0.6 is 0 Å². The standard InChI is InChI=1S/C9H9F3O2/c1-3-14-6-4-5(10)7(11)8(12)9(6)13-2/h4H,3H2,1-2H3. The minimum Gasteiger partial charge on any atom is -0.490 e. The molecular weight excluding hydrogens is 197 g/mol. The van der Waals surface area contributed by atoms with Gasteiger partial charge in [0.25, 0.3) is 0 Å². The van der Waals surface area contributed by atoms with Gasteiger partial charge in [-0.15, -0.1) is 0 Å². The van der Waals surface area contributed by atoms with E-state index in [1.54, 1.807) is 6.92 Å². The van der Waals surface area contributed by atoms with Gasteiger partial charge in [0.05, 0.1) is 13.7 Å². The minimum absolute atomic E-state index is 0.147. The summed E-state index contributed by atoms with van der Waals surface area (Å²) in [6, 6.07) is 0.751. The van der Waals surface area contributed by atoms with E-state index in [1.807, 2.05) is 0 Å². The van der Waals surface area contributed by atoms with Gasteiger partial charge in [-0.3, -0.25) is 0 Å². The quantitative estimate of drug-likeness (QED) is 0.707. The first-order valence-electron chi connectivity index (χ1n) is 3.96. The van der Waals surface area contributed by atoms with Crippen LogP contribution in [-0.4, -0.2) is 13.7 Å². The molecule has 0 spiro atoms.